The van der Waals surface area contributed by atoms with Gasteiger partial charge in [-0.05, 0) is 37.5 Å². The molecule has 1 aliphatic heterocycles. The Bertz CT molecular complexity index is 469. The lowest BCUT2D eigenvalue weighted by Gasteiger charge is -2.41. The number of aryl methyl sites for hydroxylation is 1. The molecule has 1 heterocycles. The van der Waals surface area contributed by atoms with E-state index in [1.165, 1.54) is 5.56 Å². The van der Waals surface area contributed by atoms with E-state index >= 15 is 0 Å². The molecule has 116 valence electrons. The van der Waals surface area contributed by atoms with Gasteiger partial charge in [-0.15, -0.1) is 0 Å². The highest BCUT2D eigenvalue weighted by Crippen LogP contribution is 2.23. The summed E-state index contributed by atoms with van der Waals surface area (Å²) < 4.78 is 5.16. The number of hydrogen-bond acceptors (Lipinski definition) is 4. The summed E-state index contributed by atoms with van der Waals surface area (Å²) in [4.78, 5) is 14.2. The van der Waals surface area contributed by atoms with Crippen LogP contribution in [0.25, 0.3) is 0 Å². The Hall–Kier alpha value is -1.59. The van der Waals surface area contributed by atoms with E-state index in [1.54, 1.807) is 7.11 Å². The summed E-state index contributed by atoms with van der Waals surface area (Å²) in [6, 6.07) is 7.97. The molecule has 0 spiro atoms. The molecule has 1 amide bonds. The number of nitrogens with zero attached hydrogens (tertiary/aromatic N) is 1. The van der Waals surface area contributed by atoms with E-state index in [-0.39, 0.29) is 5.91 Å². The Balaban J connectivity index is 2.03. The zero-order valence-electron chi connectivity index (χ0n) is 12.9. The normalized spacial score (nSPS) is 19.0. The molecule has 1 saturated heterocycles. The molecular formula is C16H25N3O2. The first-order valence-corrected chi connectivity index (χ1v) is 7.45. The third kappa shape index (κ3) is 3.74. The Morgan fingerprint density at radius 3 is 2.48 bits per heavy atom. The van der Waals surface area contributed by atoms with Gasteiger partial charge in [-0.1, -0.05) is 12.1 Å². The maximum atomic E-state index is 12.0. The Kier molecular flexibility index (Phi) is 5.20. The molecule has 1 aliphatic rings. The van der Waals surface area contributed by atoms with E-state index in [1.807, 2.05) is 31.2 Å². The maximum Gasteiger partial charge on any atom is 0.237 e. The average molecular weight is 291 g/mol. The van der Waals surface area contributed by atoms with Crippen LogP contribution in [0.1, 0.15) is 18.9 Å². The van der Waals surface area contributed by atoms with Gasteiger partial charge in [0.15, 0.2) is 0 Å². The van der Waals surface area contributed by atoms with Gasteiger partial charge in [0.1, 0.15) is 5.75 Å². The molecule has 0 aliphatic carbocycles. The fourth-order valence-electron chi connectivity index (χ4n) is 2.78. The summed E-state index contributed by atoms with van der Waals surface area (Å²) in [5.74, 6) is 0.608. The first kappa shape index (κ1) is 15.8. The highest BCUT2D eigenvalue weighted by atomic mass is 16.5. The van der Waals surface area contributed by atoms with Crippen LogP contribution >= 0.6 is 0 Å². The van der Waals surface area contributed by atoms with Crippen LogP contribution in [0.15, 0.2) is 24.3 Å². The number of methoxy groups -OCH3 is 1. The lowest BCUT2D eigenvalue weighted by Crippen LogP contribution is -2.60. The molecule has 1 aromatic rings. The molecule has 1 aromatic carbocycles. The molecule has 5 heteroatoms. The number of carbonyl (C=O) groups excluding carboxylic acids is 1. The van der Waals surface area contributed by atoms with Gasteiger partial charge >= 0.3 is 0 Å². The number of rotatable bonds is 6. The summed E-state index contributed by atoms with van der Waals surface area (Å²) in [6.45, 7) is 5.51. The second kappa shape index (κ2) is 6.91. The predicted molar refractivity (Wildman–Crippen MR) is 83.4 cm³/mol. The van der Waals surface area contributed by atoms with E-state index in [9.17, 15) is 4.79 Å². The molecule has 3 N–H and O–H groups in total. The molecule has 21 heavy (non-hydrogen) atoms. The lowest BCUT2D eigenvalue weighted by atomic mass is 9.90. The van der Waals surface area contributed by atoms with Crippen LogP contribution in [-0.4, -0.2) is 49.6 Å². The monoisotopic (exact) mass is 291 g/mol. The second-order valence-electron chi connectivity index (χ2n) is 5.72. The van der Waals surface area contributed by atoms with Crippen molar-refractivity contribution in [3.05, 3.63) is 29.8 Å². The predicted octanol–water partition coefficient (Wildman–Crippen LogP) is 0.777. The zero-order chi connectivity index (χ0) is 15.3. The molecule has 1 fully saturated rings. The van der Waals surface area contributed by atoms with Crippen LogP contribution < -0.4 is 15.8 Å². The van der Waals surface area contributed by atoms with Crippen molar-refractivity contribution in [1.82, 2.24) is 10.2 Å². The first-order chi connectivity index (χ1) is 10.1. The fourth-order valence-corrected chi connectivity index (χ4v) is 2.78. The van der Waals surface area contributed by atoms with Crippen LogP contribution in [0.2, 0.25) is 0 Å². The van der Waals surface area contributed by atoms with Crippen molar-refractivity contribution in [3.63, 3.8) is 0 Å². The van der Waals surface area contributed by atoms with Crippen molar-refractivity contribution in [2.45, 2.75) is 25.3 Å². The van der Waals surface area contributed by atoms with E-state index in [4.69, 9.17) is 10.5 Å². The average Bonchev–Trinajstić information content (AvgIpc) is 2.53. The fraction of sp³-hybridized carbons (Fsp3) is 0.562. The van der Waals surface area contributed by atoms with Crippen molar-refractivity contribution >= 4 is 5.91 Å². The quantitative estimate of drug-likeness (QED) is 0.813. The minimum atomic E-state index is -0.581. The maximum absolute atomic E-state index is 12.0. The summed E-state index contributed by atoms with van der Waals surface area (Å²) in [6.07, 6.45) is 1.56. The van der Waals surface area contributed by atoms with Crippen LogP contribution in [0.4, 0.5) is 0 Å². The number of hydrogen-bond donors (Lipinski definition) is 2. The first-order valence-electron chi connectivity index (χ1n) is 7.45. The van der Waals surface area contributed by atoms with Gasteiger partial charge in [0.2, 0.25) is 5.91 Å². The summed E-state index contributed by atoms with van der Waals surface area (Å²) in [7, 11) is 1.66. The molecule has 0 bridgehead atoms. The SMILES string of the molecule is COc1ccc(CCC(C)(C(N)=O)N2CCNCC2)cc1. The third-order valence-electron chi connectivity index (χ3n) is 4.41. The molecule has 0 aromatic heterocycles. The largest absolute Gasteiger partial charge is 0.497 e. The van der Waals surface area contributed by atoms with Gasteiger partial charge < -0.3 is 15.8 Å². The molecule has 1 atom stereocenters. The molecule has 2 rings (SSSR count). The minimum absolute atomic E-state index is 0.238. The van der Waals surface area contributed by atoms with Crippen molar-refractivity contribution in [2.75, 3.05) is 33.3 Å². The van der Waals surface area contributed by atoms with E-state index in [0.29, 0.717) is 0 Å². The summed E-state index contributed by atoms with van der Waals surface area (Å²) >= 11 is 0. The standard InChI is InChI=1S/C16H25N3O2/c1-16(15(17)20,19-11-9-18-10-12-19)8-7-13-3-5-14(21-2)6-4-13/h3-6,18H,7-12H2,1-2H3,(H2,17,20). The molecule has 1 unspecified atom stereocenters. The van der Waals surface area contributed by atoms with Gasteiger partial charge in [-0.25, -0.2) is 0 Å². The lowest BCUT2D eigenvalue weighted by molar-refractivity contribution is -0.130. The number of ether oxygens (including phenoxy) is 1. The Morgan fingerprint density at radius 2 is 1.95 bits per heavy atom. The number of benzene rings is 1. The van der Waals surface area contributed by atoms with Crippen LogP contribution in [0, 0.1) is 0 Å². The van der Waals surface area contributed by atoms with Crippen molar-refractivity contribution in [1.29, 1.82) is 0 Å². The van der Waals surface area contributed by atoms with Gasteiger partial charge in [0, 0.05) is 26.2 Å². The smallest absolute Gasteiger partial charge is 0.237 e. The number of piperazine rings is 1. The highest BCUT2D eigenvalue weighted by Gasteiger charge is 2.37. The van der Waals surface area contributed by atoms with Crippen LogP contribution in [0.3, 0.4) is 0 Å². The number of amides is 1. The molecular weight excluding hydrogens is 266 g/mol. The van der Waals surface area contributed by atoms with E-state index < -0.39 is 5.54 Å². The van der Waals surface area contributed by atoms with Crippen molar-refractivity contribution in [3.8, 4) is 5.75 Å². The van der Waals surface area contributed by atoms with E-state index in [2.05, 4.69) is 10.2 Å². The number of nitrogens with one attached hydrogen (secondary N) is 1. The summed E-state index contributed by atoms with van der Waals surface area (Å²) in [5, 5.41) is 3.30. The van der Waals surface area contributed by atoms with Gasteiger partial charge in [-0.3, -0.25) is 9.69 Å². The molecule has 0 radical (unpaired) electrons. The zero-order valence-corrected chi connectivity index (χ0v) is 12.9. The summed E-state index contributed by atoms with van der Waals surface area (Å²) in [5.41, 5.74) is 6.30. The number of carbonyl (C=O) groups is 1. The molecule has 5 nitrogen and oxygen atoms in total. The van der Waals surface area contributed by atoms with Crippen LogP contribution in [-0.2, 0) is 11.2 Å². The Labute approximate surface area is 126 Å². The van der Waals surface area contributed by atoms with Crippen LogP contribution in [0.5, 0.6) is 5.75 Å². The highest BCUT2D eigenvalue weighted by molar-refractivity contribution is 5.84. The van der Waals surface area contributed by atoms with E-state index in [0.717, 1.165) is 44.8 Å². The molecule has 0 saturated carbocycles. The van der Waals surface area contributed by atoms with Crippen molar-refractivity contribution in [2.24, 2.45) is 5.73 Å². The van der Waals surface area contributed by atoms with Crippen molar-refractivity contribution < 1.29 is 9.53 Å². The third-order valence-corrected chi connectivity index (χ3v) is 4.41. The number of nitrogens with two attached hydrogens (primary N) is 1. The van der Waals surface area contributed by atoms with Gasteiger partial charge in [0.05, 0.1) is 12.6 Å². The van der Waals surface area contributed by atoms with Gasteiger partial charge in [-0.2, -0.15) is 0 Å². The second-order valence-corrected chi connectivity index (χ2v) is 5.72. The topological polar surface area (TPSA) is 67.6 Å². The Morgan fingerprint density at radius 1 is 1.33 bits per heavy atom. The van der Waals surface area contributed by atoms with Gasteiger partial charge in [0.25, 0.3) is 0 Å². The minimum Gasteiger partial charge on any atom is -0.497 e. The number of primary amides is 1.